The quantitative estimate of drug-likeness (QED) is 0.0476. The van der Waals surface area contributed by atoms with Gasteiger partial charge in [-0.05, 0) is 12.8 Å². The van der Waals surface area contributed by atoms with Crippen LogP contribution in [-0.4, -0.2) is 75.5 Å². The Labute approximate surface area is 264 Å². The average molecular weight is 614 g/mol. The van der Waals surface area contributed by atoms with Crippen LogP contribution in [-0.2, 0) is 28.6 Å². The third kappa shape index (κ3) is 26.5. The number of carboxylic acid groups (broad SMARTS) is 1. The van der Waals surface area contributed by atoms with Crippen LogP contribution >= 0.6 is 0 Å². The van der Waals surface area contributed by atoms with Gasteiger partial charge in [-0.2, -0.15) is 0 Å². The predicted molar refractivity (Wildman–Crippen MR) is 171 cm³/mol. The van der Waals surface area contributed by atoms with E-state index in [9.17, 15) is 19.5 Å². The van der Waals surface area contributed by atoms with Gasteiger partial charge < -0.3 is 28.6 Å². The van der Waals surface area contributed by atoms with Gasteiger partial charge >= 0.3 is 11.9 Å². The number of rotatable bonds is 31. The lowest BCUT2D eigenvalue weighted by molar-refractivity contribution is -0.889. The number of likely N-dealkylation sites (N-methyl/N-ethyl adjacent to an activating group) is 1. The maximum absolute atomic E-state index is 12.5. The molecular formula is C35H67NO7. The van der Waals surface area contributed by atoms with Gasteiger partial charge in [0.15, 0.2) is 6.10 Å². The molecule has 0 aromatic rings. The largest absolute Gasteiger partial charge is 0.544 e. The van der Waals surface area contributed by atoms with E-state index in [4.69, 9.17) is 14.2 Å². The van der Waals surface area contributed by atoms with Crippen molar-refractivity contribution in [3.05, 3.63) is 0 Å². The maximum Gasteiger partial charge on any atom is 0.306 e. The van der Waals surface area contributed by atoms with Crippen molar-refractivity contribution in [3.8, 4) is 0 Å². The molecule has 0 rings (SSSR count). The highest BCUT2D eigenvalue weighted by Gasteiger charge is 2.25. The molecule has 2 atom stereocenters. The Morgan fingerprint density at radius 2 is 1.02 bits per heavy atom. The molecule has 0 saturated carbocycles. The predicted octanol–water partition coefficient (Wildman–Crippen LogP) is 6.90. The zero-order valence-corrected chi connectivity index (χ0v) is 28.6. The highest BCUT2D eigenvalue weighted by molar-refractivity contribution is 5.70. The molecule has 0 bridgehead atoms. The molecule has 0 N–H and O–H groups in total. The molecule has 43 heavy (non-hydrogen) atoms. The van der Waals surface area contributed by atoms with Gasteiger partial charge in [0.2, 0.25) is 0 Å². The minimum atomic E-state index is -1.12. The number of aliphatic carboxylic acids is 1. The van der Waals surface area contributed by atoms with Crippen molar-refractivity contribution < 1.29 is 38.2 Å². The van der Waals surface area contributed by atoms with E-state index >= 15 is 0 Å². The van der Waals surface area contributed by atoms with Gasteiger partial charge in [-0.15, -0.1) is 0 Å². The summed E-state index contributed by atoms with van der Waals surface area (Å²) in [4.78, 5) is 36.4. The lowest BCUT2D eigenvalue weighted by Gasteiger charge is -2.34. The van der Waals surface area contributed by atoms with Crippen LogP contribution in [0.25, 0.3) is 0 Å². The van der Waals surface area contributed by atoms with Gasteiger partial charge in [0.1, 0.15) is 12.6 Å². The molecule has 0 radical (unpaired) electrons. The van der Waals surface area contributed by atoms with E-state index in [-0.39, 0.29) is 42.7 Å². The number of carboxylic acids is 1. The summed E-state index contributed by atoms with van der Waals surface area (Å²) in [5, 5.41) is 11.5. The van der Waals surface area contributed by atoms with Crippen molar-refractivity contribution in [2.75, 3.05) is 41.0 Å². The van der Waals surface area contributed by atoms with E-state index in [1.807, 2.05) is 0 Å². The third-order valence-corrected chi connectivity index (χ3v) is 7.99. The molecule has 2 unspecified atom stereocenters. The number of hydrogen-bond donors (Lipinski definition) is 0. The Hall–Kier alpha value is -1.67. The number of hydrogen-bond acceptors (Lipinski definition) is 7. The highest BCUT2D eigenvalue weighted by Crippen LogP contribution is 2.14. The minimum absolute atomic E-state index is 0.0472. The standard InChI is InChI=1S/C35H67NO7/c1-6-8-10-12-14-15-16-17-18-20-21-23-25-33(37)42-30-31(29-41-28-27-32(35(39)40)36(3,4)5)43-34(38)26-24-22-19-13-11-9-7-2/h31-32H,6-30H2,1-5H3. The van der Waals surface area contributed by atoms with Gasteiger partial charge in [-0.3, -0.25) is 9.59 Å². The first-order chi connectivity index (χ1) is 20.6. The van der Waals surface area contributed by atoms with Gasteiger partial charge in [0.05, 0.1) is 40.3 Å². The summed E-state index contributed by atoms with van der Waals surface area (Å²) in [6.07, 6.45) is 22.8. The second-order valence-electron chi connectivity index (χ2n) is 13.1. The van der Waals surface area contributed by atoms with Crippen LogP contribution in [0.1, 0.15) is 155 Å². The van der Waals surface area contributed by atoms with Crippen molar-refractivity contribution in [2.45, 2.75) is 167 Å². The zero-order valence-electron chi connectivity index (χ0n) is 28.6. The molecule has 0 heterocycles. The van der Waals surface area contributed by atoms with Gasteiger partial charge in [-0.1, -0.05) is 123 Å². The fourth-order valence-corrected chi connectivity index (χ4v) is 5.19. The number of esters is 2. The molecule has 8 nitrogen and oxygen atoms in total. The summed E-state index contributed by atoms with van der Waals surface area (Å²) >= 11 is 0. The summed E-state index contributed by atoms with van der Waals surface area (Å²) in [5.41, 5.74) is 0. The van der Waals surface area contributed by atoms with Gasteiger partial charge in [0.25, 0.3) is 0 Å². The van der Waals surface area contributed by atoms with E-state index in [0.717, 1.165) is 38.5 Å². The average Bonchev–Trinajstić information content (AvgIpc) is 2.94. The van der Waals surface area contributed by atoms with Crippen LogP contribution in [0.2, 0.25) is 0 Å². The van der Waals surface area contributed by atoms with Crippen LogP contribution in [0.5, 0.6) is 0 Å². The van der Waals surface area contributed by atoms with Crippen molar-refractivity contribution in [2.24, 2.45) is 0 Å². The number of carbonyl (C=O) groups excluding carboxylic acids is 3. The van der Waals surface area contributed by atoms with Crippen LogP contribution in [0.4, 0.5) is 0 Å². The molecule has 0 aliphatic heterocycles. The molecule has 0 aromatic carbocycles. The number of carbonyl (C=O) groups is 3. The molecule has 0 spiro atoms. The van der Waals surface area contributed by atoms with Gasteiger partial charge in [-0.25, -0.2) is 0 Å². The summed E-state index contributed by atoms with van der Waals surface area (Å²) in [5.74, 6) is -1.74. The van der Waals surface area contributed by atoms with E-state index in [1.54, 1.807) is 21.1 Å². The fraction of sp³-hybridized carbons (Fsp3) is 0.914. The summed E-state index contributed by atoms with van der Waals surface area (Å²) in [6, 6.07) is -0.716. The molecule has 0 aliphatic carbocycles. The molecule has 0 aromatic heterocycles. The summed E-state index contributed by atoms with van der Waals surface area (Å²) in [7, 11) is 5.39. The van der Waals surface area contributed by atoms with E-state index in [1.165, 1.54) is 83.5 Å². The van der Waals surface area contributed by atoms with Crippen LogP contribution in [0.3, 0.4) is 0 Å². The first-order valence-electron chi connectivity index (χ1n) is 17.6. The monoisotopic (exact) mass is 613 g/mol. The number of quaternary nitrogens is 1. The van der Waals surface area contributed by atoms with Gasteiger partial charge in [0, 0.05) is 19.3 Å². The Morgan fingerprint density at radius 3 is 1.44 bits per heavy atom. The lowest BCUT2D eigenvalue weighted by Crippen LogP contribution is -2.55. The van der Waals surface area contributed by atoms with Crippen molar-refractivity contribution in [1.29, 1.82) is 0 Å². The Kier molecular flexibility index (Phi) is 26.8. The minimum Gasteiger partial charge on any atom is -0.544 e. The number of unbranched alkanes of at least 4 members (excludes halogenated alkanes) is 17. The smallest absolute Gasteiger partial charge is 0.306 e. The second kappa shape index (κ2) is 27.8. The van der Waals surface area contributed by atoms with E-state index < -0.39 is 18.1 Å². The Morgan fingerprint density at radius 1 is 0.605 bits per heavy atom. The number of ether oxygens (including phenoxy) is 3. The highest BCUT2D eigenvalue weighted by atomic mass is 16.6. The lowest BCUT2D eigenvalue weighted by atomic mass is 10.0. The molecule has 0 fully saturated rings. The first-order valence-corrected chi connectivity index (χ1v) is 17.6. The van der Waals surface area contributed by atoms with Crippen LogP contribution in [0.15, 0.2) is 0 Å². The normalized spacial score (nSPS) is 13.0. The topological polar surface area (TPSA) is 102 Å². The van der Waals surface area contributed by atoms with Crippen LogP contribution < -0.4 is 5.11 Å². The first kappa shape index (κ1) is 41.3. The molecule has 8 heteroatoms. The molecule has 0 aliphatic rings. The SMILES string of the molecule is CCCCCCCCCCCCCCC(=O)OCC(COCCC(C(=O)[O-])[N+](C)(C)C)OC(=O)CCCCCCCCC. The molecule has 0 saturated heterocycles. The maximum atomic E-state index is 12.5. The Bertz CT molecular complexity index is 692. The van der Waals surface area contributed by atoms with Crippen molar-refractivity contribution >= 4 is 17.9 Å². The third-order valence-electron chi connectivity index (χ3n) is 7.99. The van der Waals surface area contributed by atoms with E-state index in [2.05, 4.69) is 13.8 Å². The fourth-order valence-electron chi connectivity index (χ4n) is 5.19. The van der Waals surface area contributed by atoms with Crippen molar-refractivity contribution in [1.82, 2.24) is 0 Å². The van der Waals surface area contributed by atoms with Crippen molar-refractivity contribution in [3.63, 3.8) is 0 Å². The van der Waals surface area contributed by atoms with Crippen LogP contribution in [0, 0.1) is 0 Å². The Balaban J connectivity index is 4.39. The summed E-state index contributed by atoms with van der Waals surface area (Å²) < 4.78 is 17.0. The van der Waals surface area contributed by atoms with E-state index in [0.29, 0.717) is 12.8 Å². The number of nitrogens with zero attached hydrogens (tertiary/aromatic N) is 1. The summed E-state index contributed by atoms with van der Waals surface area (Å²) in [6.45, 7) is 4.60. The zero-order chi connectivity index (χ0) is 32.2. The molecular weight excluding hydrogens is 546 g/mol. The molecule has 254 valence electrons. The second-order valence-corrected chi connectivity index (χ2v) is 13.1. The molecule has 0 amide bonds.